The molecule has 3 N–H and O–H groups in total. The van der Waals surface area contributed by atoms with Crippen LogP contribution in [0.1, 0.15) is 37.7 Å². The number of rotatable bonds is 4. The van der Waals surface area contributed by atoms with Crippen molar-refractivity contribution in [3.63, 3.8) is 0 Å². The van der Waals surface area contributed by atoms with Crippen molar-refractivity contribution in [1.29, 1.82) is 0 Å². The second kappa shape index (κ2) is 7.80. The van der Waals surface area contributed by atoms with Crippen LogP contribution in [0.3, 0.4) is 0 Å². The highest BCUT2D eigenvalue weighted by atomic mass is 35.5. The summed E-state index contributed by atoms with van der Waals surface area (Å²) >= 11 is 0. The Morgan fingerprint density at radius 3 is 2.52 bits per heavy atom. The minimum Gasteiger partial charge on any atom is -0.354 e. The average molecular weight is 333 g/mol. The fourth-order valence-electron chi connectivity index (χ4n) is 3.39. The van der Waals surface area contributed by atoms with Gasteiger partial charge in [-0.1, -0.05) is 61.7 Å². The molecular weight excluding hydrogens is 308 g/mol. The van der Waals surface area contributed by atoms with E-state index in [2.05, 4.69) is 23.5 Å². The molecule has 0 atom stereocenters. The van der Waals surface area contributed by atoms with E-state index in [9.17, 15) is 4.79 Å². The summed E-state index contributed by atoms with van der Waals surface area (Å²) in [4.78, 5) is 12.3. The van der Waals surface area contributed by atoms with Gasteiger partial charge in [-0.3, -0.25) is 4.79 Å². The number of benzene rings is 2. The highest BCUT2D eigenvalue weighted by Crippen LogP contribution is 2.25. The van der Waals surface area contributed by atoms with Crippen molar-refractivity contribution in [1.82, 2.24) is 5.32 Å². The summed E-state index contributed by atoms with van der Waals surface area (Å²) in [5.41, 5.74) is 7.25. The van der Waals surface area contributed by atoms with Gasteiger partial charge in [-0.15, -0.1) is 12.4 Å². The number of nitrogens with one attached hydrogen (secondary N) is 1. The van der Waals surface area contributed by atoms with Gasteiger partial charge in [0.25, 0.3) is 0 Å². The molecule has 2 aromatic carbocycles. The van der Waals surface area contributed by atoms with Crippen LogP contribution in [0.4, 0.5) is 0 Å². The van der Waals surface area contributed by atoms with Crippen LogP contribution in [-0.2, 0) is 11.2 Å². The molecule has 1 aliphatic carbocycles. The summed E-state index contributed by atoms with van der Waals surface area (Å²) in [5, 5.41) is 5.37. The first-order valence-electron chi connectivity index (χ1n) is 8.19. The van der Waals surface area contributed by atoms with Crippen molar-refractivity contribution in [3.8, 4) is 0 Å². The molecular formula is C19H25ClN2O. The van der Waals surface area contributed by atoms with E-state index < -0.39 is 0 Å². The van der Waals surface area contributed by atoms with E-state index in [-0.39, 0.29) is 23.9 Å². The zero-order chi connectivity index (χ0) is 15.4. The Hall–Kier alpha value is -1.58. The number of carbonyl (C=O) groups excluding carboxylic acids is 1. The second-order valence-electron chi connectivity index (χ2n) is 6.51. The lowest BCUT2D eigenvalue weighted by Crippen LogP contribution is -2.51. The summed E-state index contributed by atoms with van der Waals surface area (Å²) < 4.78 is 0. The average Bonchev–Trinajstić information content (AvgIpc) is 2.54. The Bertz CT molecular complexity index is 660. The van der Waals surface area contributed by atoms with Crippen LogP contribution in [0, 0.1) is 0 Å². The van der Waals surface area contributed by atoms with Crippen molar-refractivity contribution >= 4 is 29.1 Å². The van der Waals surface area contributed by atoms with Crippen LogP contribution in [0.15, 0.2) is 42.5 Å². The maximum atomic E-state index is 12.3. The van der Waals surface area contributed by atoms with E-state index >= 15 is 0 Å². The molecule has 0 unspecified atom stereocenters. The van der Waals surface area contributed by atoms with Gasteiger partial charge in [-0.2, -0.15) is 0 Å². The van der Waals surface area contributed by atoms with Crippen molar-refractivity contribution in [2.75, 3.05) is 6.54 Å². The number of halogens is 1. The summed E-state index contributed by atoms with van der Waals surface area (Å²) in [5.74, 6) is 0.0618. The lowest BCUT2D eigenvalue weighted by atomic mass is 9.82. The monoisotopic (exact) mass is 332 g/mol. The third-order valence-corrected chi connectivity index (χ3v) is 4.72. The maximum absolute atomic E-state index is 12.3. The van der Waals surface area contributed by atoms with Crippen molar-refractivity contribution in [2.24, 2.45) is 5.73 Å². The molecule has 3 nitrogen and oxygen atoms in total. The molecule has 2 aromatic rings. The lowest BCUT2D eigenvalue weighted by molar-refractivity contribution is -0.120. The standard InChI is InChI=1S/C19H24N2O.ClH/c20-19(11-4-1-5-12-19)14-21-18(22)13-16-9-6-8-15-7-2-3-10-17(15)16;/h2-3,6-10H,1,4-5,11-14,20H2,(H,21,22);1H. The number of amides is 1. The number of carbonyl (C=O) groups is 1. The molecule has 1 saturated carbocycles. The van der Waals surface area contributed by atoms with Gasteiger partial charge >= 0.3 is 0 Å². The molecule has 0 bridgehead atoms. The topological polar surface area (TPSA) is 55.1 Å². The maximum Gasteiger partial charge on any atom is 0.224 e. The van der Waals surface area contributed by atoms with Crippen LogP contribution >= 0.6 is 12.4 Å². The van der Waals surface area contributed by atoms with E-state index in [1.54, 1.807) is 0 Å². The van der Waals surface area contributed by atoms with Gasteiger partial charge in [-0.05, 0) is 29.2 Å². The summed E-state index contributed by atoms with van der Waals surface area (Å²) in [6.07, 6.45) is 6.06. The van der Waals surface area contributed by atoms with Crippen molar-refractivity contribution < 1.29 is 4.79 Å². The Balaban J connectivity index is 0.00000192. The van der Waals surface area contributed by atoms with Crippen LogP contribution < -0.4 is 11.1 Å². The van der Waals surface area contributed by atoms with Crippen LogP contribution in [0.5, 0.6) is 0 Å². The van der Waals surface area contributed by atoms with Crippen LogP contribution in [0.25, 0.3) is 10.8 Å². The molecule has 1 aliphatic rings. The normalized spacial score (nSPS) is 16.6. The van der Waals surface area contributed by atoms with E-state index in [0.717, 1.165) is 23.8 Å². The van der Waals surface area contributed by atoms with Gasteiger partial charge in [0.1, 0.15) is 0 Å². The molecule has 3 rings (SSSR count). The molecule has 0 aromatic heterocycles. The molecule has 0 spiro atoms. The summed E-state index contributed by atoms with van der Waals surface area (Å²) in [7, 11) is 0. The zero-order valence-corrected chi connectivity index (χ0v) is 14.2. The molecule has 0 radical (unpaired) electrons. The van der Waals surface area contributed by atoms with Crippen molar-refractivity contribution in [2.45, 2.75) is 44.1 Å². The first kappa shape index (κ1) is 17.8. The Morgan fingerprint density at radius 2 is 1.74 bits per heavy atom. The first-order valence-corrected chi connectivity index (χ1v) is 8.19. The Morgan fingerprint density at radius 1 is 1.04 bits per heavy atom. The fraction of sp³-hybridized carbons (Fsp3) is 0.421. The van der Waals surface area contributed by atoms with Crippen LogP contribution in [0.2, 0.25) is 0 Å². The predicted molar refractivity (Wildman–Crippen MR) is 97.9 cm³/mol. The van der Waals surface area contributed by atoms with Gasteiger partial charge in [-0.25, -0.2) is 0 Å². The molecule has 4 heteroatoms. The number of hydrogen-bond donors (Lipinski definition) is 2. The number of nitrogens with two attached hydrogens (primary N) is 1. The Kier molecular flexibility index (Phi) is 6.03. The smallest absolute Gasteiger partial charge is 0.224 e. The largest absolute Gasteiger partial charge is 0.354 e. The highest BCUT2D eigenvalue weighted by Gasteiger charge is 2.27. The van der Waals surface area contributed by atoms with E-state index in [0.29, 0.717) is 13.0 Å². The minimum absolute atomic E-state index is 0. The fourth-order valence-corrected chi connectivity index (χ4v) is 3.39. The van der Waals surface area contributed by atoms with E-state index in [4.69, 9.17) is 5.73 Å². The predicted octanol–water partition coefficient (Wildman–Crippen LogP) is 3.58. The summed E-state index contributed by atoms with van der Waals surface area (Å²) in [6.45, 7) is 0.594. The minimum atomic E-state index is -0.202. The highest BCUT2D eigenvalue weighted by molar-refractivity contribution is 5.90. The molecule has 1 fully saturated rings. The van der Waals surface area contributed by atoms with Gasteiger partial charge in [0.05, 0.1) is 6.42 Å². The number of fused-ring (bicyclic) bond motifs is 1. The van der Waals surface area contributed by atoms with Gasteiger partial charge in [0.2, 0.25) is 5.91 Å². The molecule has 0 aliphatic heterocycles. The van der Waals surface area contributed by atoms with Crippen molar-refractivity contribution in [3.05, 3.63) is 48.0 Å². The van der Waals surface area contributed by atoms with Crippen LogP contribution in [-0.4, -0.2) is 18.0 Å². The molecule has 23 heavy (non-hydrogen) atoms. The van der Waals surface area contributed by atoms with Gasteiger partial charge in [0, 0.05) is 12.1 Å². The molecule has 124 valence electrons. The molecule has 1 amide bonds. The third-order valence-electron chi connectivity index (χ3n) is 4.72. The third kappa shape index (κ3) is 4.46. The van der Waals surface area contributed by atoms with E-state index in [1.807, 2.05) is 24.3 Å². The quantitative estimate of drug-likeness (QED) is 0.899. The van der Waals surface area contributed by atoms with Gasteiger partial charge in [0.15, 0.2) is 0 Å². The molecule has 0 saturated heterocycles. The lowest BCUT2D eigenvalue weighted by Gasteiger charge is -2.33. The number of hydrogen-bond acceptors (Lipinski definition) is 2. The van der Waals surface area contributed by atoms with E-state index in [1.165, 1.54) is 24.6 Å². The summed E-state index contributed by atoms with van der Waals surface area (Å²) in [6, 6.07) is 14.3. The molecule has 0 heterocycles. The first-order chi connectivity index (χ1) is 10.7. The van der Waals surface area contributed by atoms with Gasteiger partial charge < -0.3 is 11.1 Å². The SMILES string of the molecule is Cl.NC1(CNC(=O)Cc2cccc3ccccc23)CCCCC1. The second-order valence-corrected chi connectivity index (χ2v) is 6.51. The zero-order valence-electron chi connectivity index (χ0n) is 13.4. The Labute approximate surface area is 144 Å².